The van der Waals surface area contributed by atoms with E-state index in [0.29, 0.717) is 23.7 Å². The summed E-state index contributed by atoms with van der Waals surface area (Å²) in [7, 11) is 1.94. The van der Waals surface area contributed by atoms with Gasteiger partial charge in [-0.25, -0.2) is 4.98 Å². The molecule has 1 aromatic heterocycles. The van der Waals surface area contributed by atoms with Crippen LogP contribution in [0, 0.1) is 0 Å². The Kier molecular flexibility index (Phi) is 5.36. The summed E-state index contributed by atoms with van der Waals surface area (Å²) in [6, 6.07) is 7.18. The van der Waals surface area contributed by atoms with Crippen LogP contribution in [0.1, 0.15) is 19.2 Å². The Bertz CT molecular complexity index is 611. The molecule has 0 aliphatic heterocycles. The van der Waals surface area contributed by atoms with Crippen LogP contribution in [-0.4, -0.2) is 21.5 Å². The number of aromatic nitrogens is 2. The van der Waals surface area contributed by atoms with Crippen molar-refractivity contribution in [2.24, 2.45) is 7.05 Å². The van der Waals surface area contributed by atoms with Gasteiger partial charge >= 0.3 is 0 Å². The molecule has 112 valence electrons. The fourth-order valence-corrected chi connectivity index (χ4v) is 2.15. The van der Waals surface area contributed by atoms with Crippen molar-refractivity contribution < 1.29 is 4.79 Å². The molecule has 1 amide bonds. The van der Waals surface area contributed by atoms with Crippen molar-refractivity contribution in [3.63, 3.8) is 0 Å². The molecule has 1 atom stereocenters. The summed E-state index contributed by atoms with van der Waals surface area (Å²) in [4.78, 5) is 16.2. The zero-order valence-corrected chi connectivity index (χ0v) is 12.9. The summed E-state index contributed by atoms with van der Waals surface area (Å²) in [6.07, 6.45) is 4.04. The minimum atomic E-state index is -0.0443. The molecule has 0 fully saturated rings. The predicted molar refractivity (Wildman–Crippen MR) is 84.2 cm³/mol. The van der Waals surface area contributed by atoms with Gasteiger partial charge in [-0.05, 0) is 25.1 Å². The van der Waals surface area contributed by atoms with Crippen LogP contribution >= 0.6 is 11.6 Å². The Morgan fingerprint density at radius 3 is 2.95 bits per heavy atom. The maximum atomic E-state index is 11.9. The number of nitrogens with zero attached hydrogens (tertiary/aromatic N) is 2. The van der Waals surface area contributed by atoms with E-state index in [1.807, 2.05) is 30.8 Å². The molecule has 2 N–H and O–H groups in total. The first-order valence-electron chi connectivity index (χ1n) is 6.79. The molecule has 0 saturated carbocycles. The Morgan fingerprint density at radius 2 is 2.29 bits per heavy atom. The van der Waals surface area contributed by atoms with Gasteiger partial charge in [-0.3, -0.25) is 4.79 Å². The Hall–Kier alpha value is -1.85. The number of rotatable bonds is 6. The number of imidazole rings is 1. The lowest BCUT2D eigenvalue weighted by molar-refractivity contribution is -0.116. The summed E-state index contributed by atoms with van der Waals surface area (Å²) in [5, 5.41) is 6.72. The largest absolute Gasteiger partial charge is 0.337 e. The monoisotopic (exact) mass is 306 g/mol. The molecule has 21 heavy (non-hydrogen) atoms. The smallest absolute Gasteiger partial charge is 0.225 e. The van der Waals surface area contributed by atoms with Gasteiger partial charge in [0.05, 0.1) is 6.54 Å². The summed E-state index contributed by atoms with van der Waals surface area (Å²) in [5.41, 5.74) is 0.712. The highest BCUT2D eigenvalue weighted by atomic mass is 35.5. The highest BCUT2D eigenvalue weighted by molar-refractivity contribution is 6.30. The van der Waals surface area contributed by atoms with E-state index in [0.717, 1.165) is 5.82 Å². The molecule has 0 bridgehead atoms. The van der Waals surface area contributed by atoms with Crippen molar-refractivity contribution in [2.45, 2.75) is 25.9 Å². The van der Waals surface area contributed by atoms with E-state index in [-0.39, 0.29) is 11.9 Å². The van der Waals surface area contributed by atoms with Crippen molar-refractivity contribution in [1.29, 1.82) is 0 Å². The van der Waals surface area contributed by atoms with E-state index >= 15 is 0 Å². The number of benzene rings is 1. The van der Waals surface area contributed by atoms with Crippen LogP contribution in [0.25, 0.3) is 0 Å². The number of carbonyl (C=O) groups excluding carboxylic acids is 1. The Morgan fingerprint density at radius 1 is 1.48 bits per heavy atom. The van der Waals surface area contributed by atoms with Gasteiger partial charge in [0.2, 0.25) is 5.91 Å². The molecule has 1 heterocycles. The van der Waals surface area contributed by atoms with Gasteiger partial charge in [0.1, 0.15) is 5.82 Å². The van der Waals surface area contributed by atoms with Crippen molar-refractivity contribution in [3.8, 4) is 0 Å². The fourth-order valence-electron chi connectivity index (χ4n) is 1.96. The minimum Gasteiger partial charge on any atom is -0.337 e. The highest BCUT2D eigenvalue weighted by Crippen LogP contribution is 2.15. The second-order valence-corrected chi connectivity index (χ2v) is 5.44. The summed E-state index contributed by atoms with van der Waals surface area (Å²) >= 11 is 5.88. The summed E-state index contributed by atoms with van der Waals surface area (Å²) in [6.45, 7) is 2.61. The van der Waals surface area contributed by atoms with Crippen LogP contribution in [-0.2, 0) is 18.4 Å². The van der Waals surface area contributed by atoms with Crippen molar-refractivity contribution in [1.82, 2.24) is 14.9 Å². The lowest BCUT2D eigenvalue weighted by atomic mass is 10.2. The number of nitrogens with one attached hydrogen (secondary N) is 2. The third-order valence-corrected chi connectivity index (χ3v) is 3.36. The van der Waals surface area contributed by atoms with Crippen LogP contribution in [0.2, 0.25) is 5.02 Å². The van der Waals surface area contributed by atoms with Crippen molar-refractivity contribution in [2.75, 3.05) is 5.32 Å². The zero-order valence-electron chi connectivity index (χ0n) is 12.1. The molecular weight excluding hydrogens is 288 g/mol. The van der Waals surface area contributed by atoms with Crippen LogP contribution in [0.3, 0.4) is 0 Å². The molecule has 0 aliphatic rings. The van der Waals surface area contributed by atoms with Crippen LogP contribution < -0.4 is 10.6 Å². The molecular formula is C15H19ClN4O. The fraction of sp³-hybridized carbons (Fsp3) is 0.333. The molecule has 2 rings (SSSR count). The molecule has 0 unspecified atom stereocenters. The zero-order chi connectivity index (χ0) is 15.2. The van der Waals surface area contributed by atoms with E-state index in [9.17, 15) is 4.79 Å². The molecule has 2 aromatic rings. The van der Waals surface area contributed by atoms with Gasteiger partial charge in [0.15, 0.2) is 0 Å². The number of hydrogen-bond acceptors (Lipinski definition) is 3. The molecule has 0 aliphatic carbocycles. The van der Waals surface area contributed by atoms with E-state index in [1.54, 1.807) is 24.4 Å². The summed E-state index contributed by atoms with van der Waals surface area (Å²) < 4.78 is 1.95. The van der Waals surface area contributed by atoms with E-state index in [2.05, 4.69) is 15.6 Å². The first-order valence-corrected chi connectivity index (χ1v) is 7.17. The van der Waals surface area contributed by atoms with Gasteiger partial charge < -0.3 is 15.2 Å². The van der Waals surface area contributed by atoms with E-state index in [4.69, 9.17) is 11.6 Å². The van der Waals surface area contributed by atoms with Gasteiger partial charge in [0, 0.05) is 42.6 Å². The van der Waals surface area contributed by atoms with E-state index in [1.165, 1.54) is 0 Å². The van der Waals surface area contributed by atoms with Crippen LogP contribution in [0.5, 0.6) is 0 Å². The topological polar surface area (TPSA) is 59.0 Å². The first-order chi connectivity index (χ1) is 10.0. The molecule has 0 spiro atoms. The highest BCUT2D eigenvalue weighted by Gasteiger charge is 2.10. The molecule has 0 radical (unpaired) electrons. The first kappa shape index (κ1) is 15.5. The normalized spacial score (nSPS) is 12.1. The maximum absolute atomic E-state index is 11.9. The van der Waals surface area contributed by atoms with Gasteiger partial charge in [-0.2, -0.15) is 0 Å². The summed E-state index contributed by atoms with van der Waals surface area (Å²) in [5.74, 6) is 0.897. The lowest BCUT2D eigenvalue weighted by Crippen LogP contribution is -2.31. The number of halogens is 1. The van der Waals surface area contributed by atoms with Crippen LogP contribution in [0.15, 0.2) is 36.7 Å². The number of aryl methyl sites for hydroxylation is 1. The average Bonchev–Trinajstić information content (AvgIpc) is 2.81. The third-order valence-electron chi connectivity index (χ3n) is 3.13. The van der Waals surface area contributed by atoms with Crippen molar-refractivity contribution >= 4 is 23.2 Å². The number of carbonyl (C=O) groups is 1. The number of hydrogen-bond donors (Lipinski definition) is 2. The van der Waals surface area contributed by atoms with Gasteiger partial charge in [-0.15, -0.1) is 0 Å². The molecule has 1 aromatic carbocycles. The SMILES string of the molecule is C[C@@H](CC(=O)Nc1cccc(Cl)c1)NCc1nccn1C. The second-order valence-electron chi connectivity index (χ2n) is 5.00. The lowest BCUT2D eigenvalue weighted by Gasteiger charge is -2.13. The third kappa shape index (κ3) is 4.88. The van der Waals surface area contributed by atoms with E-state index < -0.39 is 0 Å². The number of amides is 1. The quantitative estimate of drug-likeness (QED) is 0.862. The minimum absolute atomic E-state index is 0.0443. The van der Waals surface area contributed by atoms with Gasteiger partial charge in [-0.1, -0.05) is 17.7 Å². The van der Waals surface area contributed by atoms with Crippen molar-refractivity contribution in [3.05, 3.63) is 47.5 Å². The molecule has 6 heteroatoms. The maximum Gasteiger partial charge on any atom is 0.225 e. The second kappa shape index (κ2) is 7.24. The average molecular weight is 307 g/mol. The molecule has 0 saturated heterocycles. The van der Waals surface area contributed by atoms with Crippen LogP contribution in [0.4, 0.5) is 5.69 Å². The predicted octanol–water partition coefficient (Wildman–Crippen LogP) is 2.58. The Labute approximate surface area is 129 Å². The van der Waals surface area contributed by atoms with Gasteiger partial charge in [0.25, 0.3) is 0 Å². The Balaban J connectivity index is 1.78. The molecule has 5 nitrogen and oxygen atoms in total. The number of anilines is 1. The standard InChI is InChI=1S/C15H19ClN4O/c1-11(18-10-14-17-6-7-20(14)2)8-15(21)19-13-5-3-4-12(16)9-13/h3-7,9,11,18H,8,10H2,1-2H3,(H,19,21)/t11-/m0/s1.